The maximum Gasteiger partial charge on any atom is 0.305 e. The van der Waals surface area contributed by atoms with Crippen LogP contribution >= 0.6 is 0 Å². The number of carbonyl (C=O) groups is 1. The van der Waals surface area contributed by atoms with E-state index in [-0.39, 0.29) is 12.5 Å². The van der Waals surface area contributed by atoms with Gasteiger partial charge in [-0.2, -0.15) is 0 Å². The first-order valence-electron chi connectivity index (χ1n) is 5.92. The summed E-state index contributed by atoms with van der Waals surface area (Å²) in [7, 11) is 1.54. The molecule has 0 aliphatic heterocycles. The number of aliphatic carboxylic acids is 1. The molecule has 0 aliphatic rings. The minimum Gasteiger partial charge on any atom is -0.481 e. The monoisotopic (exact) mass is 253 g/mol. The first-order chi connectivity index (χ1) is 8.58. The summed E-state index contributed by atoms with van der Waals surface area (Å²) in [4.78, 5) is 18.9. The zero-order chi connectivity index (χ0) is 13.5. The van der Waals surface area contributed by atoms with Crippen LogP contribution in [0.15, 0.2) is 6.33 Å². The van der Waals surface area contributed by atoms with Crippen molar-refractivity contribution in [2.24, 2.45) is 0 Å². The van der Waals surface area contributed by atoms with Crippen LogP contribution in [-0.2, 0) is 4.79 Å². The molecular formula is C12H19N3O3. The lowest BCUT2D eigenvalue weighted by Crippen LogP contribution is -2.24. The lowest BCUT2D eigenvalue weighted by molar-refractivity contribution is -0.137. The third-order valence-electron chi connectivity index (χ3n) is 2.63. The summed E-state index contributed by atoms with van der Waals surface area (Å²) >= 11 is 0. The van der Waals surface area contributed by atoms with E-state index in [1.54, 1.807) is 7.11 Å². The summed E-state index contributed by atoms with van der Waals surface area (Å²) in [6, 6.07) is -0.134. The molecule has 0 amide bonds. The number of ether oxygens (including phenoxy) is 1. The number of methoxy groups -OCH3 is 1. The number of carboxylic acids is 1. The molecule has 6 heteroatoms. The van der Waals surface area contributed by atoms with Crippen LogP contribution in [0.25, 0.3) is 0 Å². The van der Waals surface area contributed by atoms with Crippen LogP contribution < -0.4 is 10.1 Å². The Morgan fingerprint density at radius 3 is 2.83 bits per heavy atom. The first kappa shape index (κ1) is 14.2. The number of nitrogens with zero attached hydrogens (tertiary/aromatic N) is 2. The Kier molecular flexibility index (Phi) is 5.35. The number of rotatable bonds is 7. The number of aromatic nitrogens is 2. The molecule has 1 heterocycles. The van der Waals surface area contributed by atoms with Gasteiger partial charge in [0.25, 0.3) is 0 Å². The molecule has 0 saturated carbocycles. The quantitative estimate of drug-likeness (QED) is 0.771. The van der Waals surface area contributed by atoms with E-state index in [1.165, 1.54) is 6.33 Å². The molecule has 1 rings (SSSR count). The Bertz CT molecular complexity index is 410. The second kappa shape index (κ2) is 6.78. The maximum atomic E-state index is 10.8. The standard InChI is InChI=1S/C12H19N3O3/c1-4-5-9(6-10(16)17)15-11-8(2)12(18-3)14-7-13-11/h7,9H,4-6H2,1-3H3,(H,16,17)(H,13,14,15). The van der Waals surface area contributed by atoms with Crippen molar-refractivity contribution in [3.05, 3.63) is 11.9 Å². The van der Waals surface area contributed by atoms with E-state index in [2.05, 4.69) is 15.3 Å². The largest absolute Gasteiger partial charge is 0.481 e. The second-order valence-electron chi connectivity index (χ2n) is 4.08. The number of hydrogen-bond acceptors (Lipinski definition) is 5. The Balaban J connectivity index is 2.82. The van der Waals surface area contributed by atoms with Crippen molar-refractivity contribution in [1.29, 1.82) is 0 Å². The van der Waals surface area contributed by atoms with Gasteiger partial charge in [-0.25, -0.2) is 9.97 Å². The molecule has 1 aromatic rings. The third kappa shape index (κ3) is 3.87. The molecule has 0 fully saturated rings. The molecule has 0 aliphatic carbocycles. The van der Waals surface area contributed by atoms with Crippen LogP contribution in [0.4, 0.5) is 5.82 Å². The highest BCUT2D eigenvalue weighted by molar-refractivity contribution is 5.68. The lowest BCUT2D eigenvalue weighted by Gasteiger charge is -2.18. The maximum absolute atomic E-state index is 10.8. The van der Waals surface area contributed by atoms with Gasteiger partial charge in [0.2, 0.25) is 5.88 Å². The van der Waals surface area contributed by atoms with Crippen molar-refractivity contribution in [3.8, 4) is 5.88 Å². The van der Waals surface area contributed by atoms with Gasteiger partial charge in [-0.15, -0.1) is 0 Å². The molecule has 0 saturated heterocycles. The van der Waals surface area contributed by atoms with Crippen LogP contribution in [0.5, 0.6) is 5.88 Å². The second-order valence-corrected chi connectivity index (χ2v) is 4.08. The predicted octanol–water partition coefficient (Wildman–Crippen LogP) is 1.85. The van der Waals surface area contributed by atoms with E-state index in [1.807, 2.05) is 13.8 Å². The van der Waals surface area contributed by atoms with E-state index in [9.17, 15) is 4.79 Å². The smallest absolute Gasteiger partial charge is 0.305 e. The molecule has 1 atom stereocenters. The number of anilines is 1. The number of carboxylic acid groups (broad SMARTS) is 1. The summed E-state index contributed by atoms with van der Waals surface area (Å²) in [6.45, 7) is 3.86. The highest BCUT2D eigenvalue weighted by Crippen LogP contribution is 2.21. The van der Waals surface area contributed by atoms with Crippen molar-refractivity contribution in [2.45, 2.75) is 39.2 Å². The van der Waals surface area contributed by atoms with Crippen molar-refractivity contribution >= 4 is 11.8 Å². The van der Waals surface area contributed by atoms with Crippen molar-refractivity contribution < 1.29 is 14.6 Å². The average Bonchev–Trinajstić information content (AvgIpc) is 2.31. The Morgan fingerprint density at radius 1 is 1.56 bits per heavy atom. The Hall–Kier alpha value is -1.85. The van der Waals surface area contributed by atoms with Crippen molar-refractivity contribution in [1.82, 2.24) is 9.97 Å². The molecule has 6 nitrogen and oxygen atoms in total. The van der Waals surface area contributed by atoms with E-state index >= 15 is 0 Å². The molecule has 0 spiro atoms. The van der Waals surface area contributed by atoms with E-state index in [0.29, 0.717) is 11.7 Å². The topological polar surface area (TPSA) is 84.3 Å². The van der Waals surface area contributed by atoms with Crippen LogP contribution in [0.2, 0.25) is 0 Å². The van der Waals surface area contributed by atoms with E-state index in [0.717, 1.165) is 18.4 Å². The van der Waals surface area contributed by atoms with Gasteiger partial charge in [0, 0.05) is 6.04 Å². The molecule has 0 aromatic carbocycles. The minimum absolute atomic E-state index is 0.0690. The fourth-order valence-corrected chi connectivity index (χ4v) is 1.76. The van der Waals surface area contributed by atoms with Crippen LogP contribution in [0.3, 0.4) is 0 Å². The fraction of sp³-hybridized carbons (Fsp3) is 0.583. The van der Waals surface area contributed by atoms with Gasteiger partial charge in [-0.1, -0.05) is 13.3 Å². The molecule has 1 aromatic heterocycles. The van der Waals surface area contributed by atoms with Crippen molar-refractivity contribution in [3.63, 3.8) is 0 Å². The summed E-state index contributed by atoms with van der Waals surface area (Å²) in [5.74, 6) is 0.305. The molecule has 0 radical (unpaired) electrons. The summed E-state index contributed by atoms with van der Waals surface area (Å²) in [5.41, 5.74) is 0.784. The van der Waals surface area contributed by atoms with E-state index in [4.69, 9.17) is 9.84 Å². The molecule has 100 valence electrons. The van der Waals surface area contributed by atoms with Crippen LogP contribution in [-0.4, -0.2) is 34.2 Å². The fourth-order valence-electron chi connectivity index (χ4n) is 1.76. The van der Waals surface area contributed by atoms with Gasteiger partial charge < -0.3 is 15.2 Å². The van der Waals surface area contributed by atoms with Crippen LogP contribution in [0.1, 0.15) is 31.7 Å². The Morgan fingerprint density at radius 2 is 2.28 bits per heavy atom. The average molecular weight is 253 g/mol. The highest BCUT2D eigenvalue weighted by atomic mass is 16.5. The first-order valence-corrected chi connectivity index (χ1v) is 5.92. The normalized spacial score (nSPS) is 11.9. The van der Waals surface area contributed by atoms with Crippen molar-refractivity contribution in [2.75, 3.05) is 12.4 Å². The van der Waals surface area contributed by atoms with Gasteiger partial charge in [0.1, 0.15) is 12.1 Å². The van der Waals surface area contributed by atoms with Gasteiger partial charge in [0.15, 0.2) is 0 Å². The lowest BCUT2D eigenvalue weighted by atomic mass is 10.1. The van der Waals surface area contributed by atoms with Gasteiger partial charge in [-0.05, 0) is 13.3 Å². The summed E-state index contributed by atoms with van der Waals surface area (Å²) in [5, 5.41) is 12.0. The van der Waals surface area contributed by atoms with Gasteiger partial charge in [0.05, 0.1) is 19.1 Å². The Labute approximate surface area is 106 Å². The molecular weight excluding hydrogens is 234 g/mol. The van der Waals surface area contributed by atoms with Crippen LogP contribution in [0, 0.1) is 6.92 Å². The molecule has 2 N–H and O–H groups in total. The number of nitrogens with one attached hydrogen (secondary N) is 1. The minimum atomic E-state index is -0.820. The van der Waals surface area contributed by atoms with E-state index < -0.39 is 5.97 Å². The molecule has 18 heavy (non-hydrogen) atoms. The van der Waals surface area contributed by atoms with Gasteiger partial charge in [-0.3, -0.25) is 4.79 Å². The summed E-state index contributed by atoms with van der Waals surface area (Å²) < 4.78 is 5.10. The number of hydrogen-bond donors (Lipinski definition) is 2. The highest BCUT2D eigenvalue weighted by Gasteiger charge is 2.15. The summed E-state index contributed by atoms with van der Waals surface area (Å²) in [6.07, 6.45) is 3.15. The van der Waals surface area contributed by atoms with Gasteiger partial charge >= 0.3 is 5.97 Å². The molecule has 0 bridgehead atoms. The zero-order valence-corrected chi connectivity index (χ0v) is 10.9. The molecule has 1 unspecified atom stereocenters. The zero-order valence-electron chi connectivity index (χ0n) is 10.9. The predicted molar refractivity (Wildman–Crippen MR) is 67.9 cm³/mol. The SMILES string of the molecule is CCCC(CC(=O)O)Nc1ncnc(OC)c1C. The third-order valence-corrected chi connectivity index (χ3v) is 2.63.